The number of nitrogens with zero attached hydrogens (tertiary/aromatic N) is 2. The van der Waals surface area contributed by atoms with Crippen molar-refractivity contribution < 1.29 is 0 Å². The van der Waals surface area contributed by atoms with Gasteiger partial charge in [0.2, 0.25) is 0 Å². The van der Waals surface area contributed by atoms with Gasteiger partial charge in [0.25, 0.3) is 0 Å². The summed E-state index contributed by atoms with van der Waals surface area (Å²) in [6, 6.07) is 29.5. The Hall–Kier alpha value is -2.62. The molecule has 1 heterocycles. The van der Waals surface area contributed by atoms with Crippen molar-refractivity contribution in [3.05, 3.63) is 101 Å². The zero-order valence-electron chi connectivity index (χ0n) is 18.3. The molecule has 0 bridgehead atoms. The van der Waals surface area contributed by atoms with E-state index in [4.69, 9.17) is 0 Å². The quantitative estimate of drug-likeness (QED) is 0.637. The summed E-state index contributed by atoms with van der Waals surface area (Å²) in [7, 11) is 0. The van der Waals surface area contributed by atoms with Crippen LogP contribution in [0.25, 0.3) is 0 Å². The van der Waals surface area contributed by atoms with Crippen molar-refractivity contribution in [3.63, 3.8) is 0 Å². The number of piperazine rings is 1. The first kappa shape index (κ1) is 20.3. The molecule has 0 unspecified atom stereocenters. The van der Waals surface area contributed by atoms with E-state index in [0.29, 0.717) is 6.04 Å². The maximum atomic E-state index is 3.50. The van der Waals surface area contributed by atoms with Gasteiger partial charge in [0.1, 0.15) is 0 Å². The van der Waals surface area contributed by atoms with Crippen LogP contribution < -0.4 is 10.2 Å². The third-order valence-electron chi connectivity index (χ3n) is 6.87. The van der Waals surface area contributed by atoms with Crippen LogP contribution >= 0.6 is 0 Å². The highest BCUT2D eigenvalue weighted by Gasteiger charge is 2.27. The fraction of sp³-hybridized carbons (Fsp3) is 0.357. The summed E-state index contributed by atoms with van der Waals surface area (Å²) >= 11 is 0. The average molecular weight is 412 g/mol. The predicted octanol–water partition coefficient (Wildman–Crippen LogP) is 4.66. The predicted molar refractivity (Wildman–Crippen MR) is 129 cm³/mol. The van der Waals surface area contributed by atoms with Gasteiger partial charge in [-0.15, -0.1) is 0 Å². The second kappa shape index (κ2) is 9.67. The van der Waals surface area contributed by atoms with E-state index in [1.54, 1.807) is 11.1 Å². The zero-order valence-corrected chi connectivity index (χ0v) is 18.3. The molecule has 0 radical (unpaired) electrons. The van der Waals surface area contributed by atoms with Gasteiger partial charge in [-0.2, -0.15) is 0 Å². The molecule has 5 rings (SSSR count). The van der Waals surface area contributed by atoms with Gasteiger partial charge in [-0.1, -0.05) is 72.8 Å². The van der Waals surface area contributed by atoms with Gasteiger partial charge in [0.05, 0.1) is 0 Å². The lowest BCUT2D eigenvalue weighted by Crippen LogP contribution is -2.45. The summed E-state index contributed by atoms with van der Waals surface area (Å²) in [6.07, 6.45) is 3.56. The summed E-state index contributed by atoms with van der Waals surface area (Å²) in [5.74, 6) is 0. The Morgan fingerprint density at radius 2 is 1.42 bits per heavy atom. The number of hydrogen-bond donors (Lipinski definition) is 1. The van der Waals surface area contributed by atoms with Gasteiger partial charge in [0, 0.05) is 51.0 Å². The molecule has 1 aliphatic carbocycles. The minimum absolute atomic E-state index is 0.567. The van der Waals surface area contributed by atoms with Crippen molar-refractivity contribution in [1.29, 1.82) is 0 Å². The first-order valence-corrected chi connectivity index (χ1v) is 11.7. The normalized spacial score (nSPS) is 18.7. The molecule has 3 nitrogen and oxygen atoms in total. The molecule has 1 atom stereocenters. The van der Waals surface area contributed by atoms with E-state index in [1.165, 1.54) is 29.7 Å². The molecule has 0 spiro atoms. The van der Waals surface area contributed by atoms with Crippen LogP contribution in [0.5, 0.6) is 0 Å². The Morgan fingerprint density at radius 3 is 2.06 bits per heavy atom. The highest BCUT2D eigenvalue weighted by molar-refractivity contribution is 5.58. The summed E-state index contributed by atoms with van der Waals surface area (Å²) < 4.78 is 0. The van der Waals surface area contributed by atoms with E-state index < -0.39 is 0 Å². The Bertz CT molecular complexity index is 923. The highest BCUT2D eigenvalue weighted by Crippen LogP contribution is 2.33. The molecule has 0 amide bonds. The van der Waals surface area contributed by atoms with Crippen LogP contribution in [-0.2, 0) is 25.9 Å². The lowest BCUT2D eigenvalue weighted by molar-refractivity contribution is 0.162. The molecule has 31 heavy (non-hydrogen) atoms. The van der Waals surface area contributed by atoms with Crippen molar-refractivity contribution in [3.8, 4) is 0 Å². The molecule has 1 saturated heterocycles. The third kappa shape index (κ3) is 4.84. The average Bonchev–Trinajstić information content (AvgIpc) is 2.85. The Morgan fingerprint density at radius 1 is 0.774 bits per heavy atom. The van der Waals surface area contributed by atoms with Crippen LogP contribution in [0.2, 0.25) is 0 Å². The summed E-state index contributed by atoms with van der Waals surface area (Å²) in [5.41, 5.74) is 7.43. The molecule has 1 aliphatic heterocycles. The number of rotatable bonds is 6. The lowest BCUT2D eigenvalue weighted by Gasteiger charge is -2.38. The van der Waals surface area contributed by atoms with Gasteiger partial charge in [0.15, 0.2) is 0 Å². The molecule has 2 aliphatic rings. The standard InChI is InChI=1S/C28H33N3/c1-3-8-23(9-4-1)21-31(22-24-10-5-2-6-11-24)26-15-14-25-12-7-13-28(27(25)20-26)30-18-16-29-17-19-30/h1-13,26,29H,14-22H2/t26-/m1/s1. The van der Waals surface area contributed by atoms with Crippen LogP contribution in [0, 0.1) is 0 Å². The number of hydrogen-bond acceptors (Lipinski definition) is 3. The topological polar surface area (TPSA) is 18.5 Å². The molecule has 3 aromatic rings. The maximum Gasteiger partial charge on any atom is 0.0403 e. The van der Waals surface area contributed by atoms with Crippen LogP contribution in [0.15, 0.2) is 78.9 Å². The van der Waals surface area contributed by atoms with Crippen molar-refractivity contribution in [2.75, 3.05) is 31.1 Å². The molecule has 1 N–H and O–H groups in total. The van der Waals surface area contributed by atoms with E-state index in [9.17, 15) is 0 Å². The van der Waals surface area contributed by atoms with E-state index in [1.807, 2.05) is 0 Å². The third-order valence-corrected chi connectivity index (χ3v) is 6.87. The summed E-state index contributed by atoms with van der Waals surface area (Å²) in [6.45, 7) is 6.40. The van der Waals surface area contributed by atoms with Gasteiger partial charge in [-0.05, 0) is 47.6 Å². The lowest BCUT2D eigenvalue weighted by atomic mass is 9.85. The summed E-state index contributed by atoms with van der Waals surface area (Å²) in [4.78, 5) is 5.30. The fourth-order valence-corrected chi connectivity index (χ4v) is 5.21. The molecule has 3 heteroatoms. The molecule has 160 valence electrons. The number of aryl methyl sites for hydroxylation is 1. The molecule has 0 aromatic heterocycles. The molecule has 1 fully saturated rings. The highest BCUT2D eigenvalue weighted by atomic mass is 15.2. The SMILES string of the molecule is c1ccc(CN(Cc2ccccc2)[C@@H]2CCc3cccc(N4CCNCC4)c3C2)cc1. The Labute approximate surface area is 186 Å². The first-order chi connectivity index (χ1) is 15.4. The van der Waals surface area contributed by atoms with Crippen LogP contribution in [0.3, 0.4) is 0 Å². The number of fused-ring (bicyclic) bond motifs is 1. The van der Waals surface area contributed by atoms with E-state index in [0.717, 1.165) is 45.7 Å². The van der Waals surface area contributed by atoms with Crippen LogP contribution in [0.4, 0.5) is 5.69 Å². The summed E-state index contributed by atoms with van der Waals surface area (Å²) in [5, 5.41) is 3.50. The second-order valence-corrected chi connectivity index (χ2v) is 8.92. The molecule has 3 aromatic carbocycles. The van der Waals surface area contributed by atoms with Gasteiger partial charge in [-0.25, -0.2) is 0 Å². The smallest absolute Gasteiger partial charge is 0.0403 e. The molecular formula is C28H33N3. The van der Waals surface area contributed by atoms with Gasteiger partial charge >= 0.3 is 0 Å². The number of benzene rings is 3. The van der Waals surface area contributed by atoms with Crippen LogP contribution in [0.1, 0.15) is 28.7 Å². The maximum absolute atomic E-state index is 3.50. The first-order valence-electron chi connectivity index (χ1n) is 11.7. The van der Waals surface area contributed by atoms with Crippen molar-refractivity contribution in [1.82, 2.24) is 10.2 Å². The van der Waals surface area contributed by atoms with Crippen LogP contribution in [-0.4, -0.2) is 37.1 Å². The Kier molecular flexibility index (Phi) is 6.33. The van der Waals surface area contributed by atoms with Gasteiger partial charge < -0.3 is 10.2 Å². The molecular weight excluding hydrogens is 378 g/mol. The number of nitrogens with one attached hydrogen (secondary N) is 1. The zero-order chi connectivity index (χ0) is 20.9. The minimum Gasteiger partial charge on any atom is -0.369 e. The monoisotopic (exact) mass is 411 g/mol. The largest absolute Gasteiger partial charge is 0.369 e. The second-order valence-electron chi connectivity index (χ2n) is 8.92. The van der Waals surface area contributed by atoms with Crippen molar-refractivity contribution in [2.24, 2.45) is 0 Å². The van der Waals surface area contributed by atoms with E-state index >= 15 is 0 Å². The fourth-order valence-electron chi connectivity index (χ4n) is 5.21. The van der Waals surface area contributed by atoms with E-state index in [-0.39, 0.29) is 0 Å². The minimum atomic E-state index is 0.567. The van der Waals surface area contributed by atoms with Crippen molar-refractivity contribution in [2.45, 2.75) is 38.4 Å². The number of anilines is 1. The van der Waals surface area contributed by atoms with Crippen molar-refractivity contribution >= 4 is 5.69 Å². The van der Waals surface area contributed by atoms with Gasteiger partial charge in [-0.3, -0.25) is 4.90 Å². The van der Waals surface area contributed by atoms with E-state index in [2.05, 4.69) is 94.0 Å². The molecule has 0 saturated carbocycles. The Balaban J connectivity index is 1.41.